The summed E-state index contributed by atoms with van der Waals surface area (Å²) >= 11 is 6.83. The zero-order valence-electron chi connectivity index (χ0n) is 10.1. The van der Waals surface area contributed by atoms with Crippen molar-refractivity contribution in [3.05, 3.63) is 43.7 Å². The van der Waals surface area contributed by atoms with Crippen LogP contribution in [0.4, 0.5) is 11.5 Å². The largest absolute Gasteiger partial charge is 0.495 e. The predicted molar refractivity (Wildman–Crippen MR) is 74.7 cm³/mol. The Labute approximate surface area is 122 Å². The highest BCUT2D eigenvalue weighted by Crippen LogP contribution is 2.28. The molecule has 0 bridgehead atoms. The van der Waals surface area contributed by atoms with Crippen LogP contribution in [0.5, 0.6) is 5.75 Å². The van der Waals surface area contributed by atoms with Crippen LogP contribution < -0.4 is 10.1 Å². The van der Waals surface area contributed by atoms with Gasteiger partial charge in [0.15, 0.2) is 0 Å². The van der Waals surface area contributed by atoms with E-state index in [0.717, 1.165) is 11.3 Å². The third-order valence-electron chi connectivity index (χ3n) is 2.32. The van der Waals surface area contributed by atoms with Crippen LogP contribution in [0.15, 0.2) is 23.6 Å². The molecule has 0 atom stereocenters. The smallest absolute Gasteiger partial charge is 0.311 e. The summed E-state index contributed by atoms with van der Waals surface area (Å²) in [6, 6.07) is 4.08. The number of thiophene rings is 1. The van der Waals surface area contributed by atoms with Crippen LogP contribution in [0, 0.1) is 10.1 Å². The molecule has 2 rings (SSSR count). The number of anilines is 1. The Morgan fingerprint density at radius 2 is 2.25 bits per heavy atom. The average molecular weight is 314 g/mol. The zero-order valence-corrected chi connectivity index (χ0v) is 11.7. The molecule has 9 heteroatoms. The first kappa shape index (κ1) is 14.2. The summed E-state index contributed by atoms with van der Waals surface area (Å²) in [4.78, 5) is 26.3. The standard InChI is InChI=1S/C11H8ClN3O4S/c1-19-7-4-5-20-9(7)11(16)14-10-6(15(17)18)2-3-8(12)13-10/h2-5H,1H3,(H,13,14,16). The Kier molecular flexibility index (Phi) is 4.16. The fourth-order valence-electron chi connectivity index (χ4n) is 1.46. The highest BCUT2D eigenvalue weighted by atomic mass is 35.5. The van der Waals surface area contributed by atoms with Gasteiger partial charge in [0.25, 0.3) is 5.91 Å². The molecule has 0 aliphatic heterocycles. The van der Waals surface area contributed by atoms with Crippen LogP contribution in [0.1, 0.15) is 9.67 Å². The predicted octanol–water partition coefficient (Wildman–Crippen LogP) is 2.97. The molecule has 0 fully saturated rings. The molecule has 20 heavy (non-hydrogen) atoms. The summed E-state index contributed by atoms with van der Waals surface area (Å²) in [6.45, 7) is 0. The third-order valence-corrected chi connectivity index (χ3v) is 3.43. The number of hydrogen-bond acceptors (Lipinski definition) is 6. The molecule has 0 unspecified atom stereocenters. The van der Waals surface area contributed by atoms with Gasteiger partial charge in [-0.15, -0.1) is 11.3 Å². The minimum absolute atomic E-state index is 0.0454. The van der Waals surface area contributed by atoms with E-state index < -0.39 is 10.8 Å². The third kappa shape index (κ3) is 2.86. The number of aromatic nitrogens is 1. The second kappa shape index (κ2) is 5.85. The molecule has 2 heterocycles. The van der Waals surface area contributed by atoms with Gasteiger partial charge in [0.1, 0.15) is 15.8 Å². The fraction of sp³-hybridized carbons (Fsp3) is 0.0909. The number of methoxy groups -OCH3 is 1. The van der Waals surface area contributed by atoms with E-state index in [1.54, 1.807) is 11.4 Å². The number of nitrogens with one attached hydrogen (secondary N) is 1. The van der Waals surface area contributed by atoms with Gasteiger partial charge in [-0.25, -0.2) is 4.98 Å². The number of pyridine rings is 1. The minimum atomic E-state index is -0.648. The number of amides is 1. The second-order valence-corrected chi connectivity index (χ2v) is 4.83. The van der Waals surface area contributed by atoms with Crippen molar-refractivity contribution < 1.29 is 14.5 Å². The normalized spacial score (nSPS) is 10.1. The lowest BCUT2D eigenvalue weighted by Crippen LogP contribution is -2.14. The van der Waals surface area contributed by atoms with Crippen molar-refractivity contribution in [2.75, 3.05) is 12.4 Å². The van der Waals surface area contributed by atoms with Gasteiger partial charge in [0.2, 0.25) is 5.82 Å². The van der Waals surface area contributed by atoms with Gasteiger partial charge in [0, 0.05) is 6.07 Å². The maximum atomic E-state index is 12.1. The molecule has 0 aromatic carbocycles. The molecule has 7 nitrogen and oxygen atoms in total. The fourth-order valence-corrected chi connectivity index (χ4v) is 2.36. The molecular formula is C11H8ClN3O4S. The number of carbonyl (C=O) groups is 1. The van der Waals surface area contributed by atoms with E-state index in [2.05, 4.69) is 10.3 Å². The van der Waals surface area contributed by atoms with E-state index >= 15 is 0 Å². The Morgan fingerprint density at radius 3 is 2.90 bits per heavy atom. The number of hydrogen-bond donors (Lipinski definition) is 1. The Hall–Kier alpha value is -2.19. The lowest BCUT2D eigenvalue weighted by molar-refractivity contribution is -0.384. The number of halogens is 1. The molecule has 2 aromatic rings. The quantitative estimate of drug-likeness (QED) is 0.532. The molecule has 0 aliphatic carbocycles. The summed E-state index contributed by atoms with van der Waals surface area (Å²) in [5.74, 6) is -0.366. The van der Waals surface area contributed by atoms with Crippen LogP contribution in [-0.2, 0) is 0 Å². The van der Waals surface area contributed by atoms with Gasteiger partial charge in [-0.3, -0.25) is 20.2 Å². The summed E-state index contributed by atoms with van der Waals surface area (Å²) in [5.41, 5.74) is -0.335. The zero-order chi connectivity index (χ0) is 14.7. The summed E-state index contributed by atoms with van der Waals surface area (Å²) in [7, 11) is 1.43. The molecule has 0 aliphatic rings. The molecule has 1 N–H and O–H groups in total. The second-order valence-electron chi connectivity index (χ2n) is 3.53. The van der Waals surface area contributed by atoms with Crippen LogP contribution in [-0.4, -0.2) is 22.9 Å². The summed E-state index contributed by atoms with van der Waals surface area (Å²) < 4.78 is 5.01. The van der Waals surface area contributed by atoms with Crippen molar-refractivity contribution in [3.8, 4) is 5.75 Å². The van der Waals surface area contributed by atoms with Crippen molar-refractivity contribution in [1.82, 2.24) is 4.98 Å². The first-order valence-electron chi connectivity index (χ1n) is 5.26. The van der Waals surface area contributed by atoms with E-state index in [9.17, 15) is 14.9 Å². The van der Waals surface area contributed by atoms with Gasteiger partial charge < -0.3 is 4.74 Å². The Bertz CT molecular complexity index is 673. The first-order valence-corrected chi connectivity index (χ1v) is 6.52. The topological polar surface area (TPSA) is 94.4 Å². The number of rotatable bonds is 4. The molecular weight excluding hydrogens is 306 g/mol. The molecule has 0 saturated heterocycles. The van der Waals surface area contributed by atoms with E-state index in [-0.39, 0.29) is 16.7 Å². The molecule has 104 valence electrons. The van der Waals surface area contributed by atoms with Crippen molar-refractivity contribution in [3.63, 3.8) is 0 Å². The van der Waals surface area contributed by atoms with E-state index in [1.165, 1.54) is 19.2 Å². The van der Waals surface area contributed by atoms with Gasteiger partial charge in [0.05, 0.1) is 12.0 Å². The van der Waals surface area contributed by atoms with Crippen molar-refractivity contribution in [1.29, 1.82) is 0 Å². The maximum absolute atomic E-state index is 12.1. The minimum Gasteiger partial charge on any atom is -0.495 e. The number of nitro groups is 1. The number of carbonyl (C=O) groups excluding carboxylic acids is 1. The van der Waals surface area contributed by atoms with Crippen molar-refractivity contribution in [2.45, 2.75) is 0 Å². The van der Waals surface area contributed by atoms with Crippen LogP contribution >= 0.6 is 22.9 Å². The maximum Gasteiger partial charge on any atom is 0.311 e. The molecule has 1 amide bonds. The van der Waals surface area contributed by atoms with E-state index in [1.807, 2.05) is 0 Å². The lowest BCUT2D eigenvalue weighted by Gasteiger charge is -2.05. The van der Waals surface area contributed by atoms with Crippen LogP contribution in [0.2, 0.25) is 5.15 Å². The van der Waals surface area contributed by atoms with Crippen molar-refractivity contribution >= 4 is 40.4 Å². The SMILES string of the molecule is COc1ccsc1C(=O)Nc1nc(Cl)ccc1[N+](=O)[O-]. The summed E-state index contributed by atoms with van der Waals surface area (Å²) in [6.07, 6.45) is 0. The van der Waals surface area contributed by atoms with Crippen molar-refractivity contribution in [2.24, 2.45) is 0 Å². The molecule has 2 aromatic heterocycles. The monoisotopic (exact) mass is 313 g/mol. The lowest BCUT2D eigenvalue weighted by atomic mass is 10.3. The Morgan fingerprint density at radius 1 is 1.50 bits per heavy atom. The molecule has 0 saturated carbocycles. The number of ether oxygens (including phenoxy) is 1. The van der Waals surface area contributed by atoms with Crippen LogP contribution in [0.25, 0.3) is 0 Å². The van der Waals surface area contributed by atoms with E-state index in [4.69, 9.17) is 16.3 Å². The van der Waals surface area contributed by atoms with Gasteiger partial charge >= 0.3 is 5.69 Å². The molecule has 0 spiro atoms. The highest BCUT2D eigenvalue weighted by Gasteiger charge is 2.21. The van der Waals surface area contributed by atoms with Gasteiger partial charge in [-0.05, 0) is 17.5 Å². The van der Waals surface area contributed by atoms with Gasteiger partial charge in [-0.2, -0.15) is 0 Å². The molecule has 0 radical (unpaired) electrons. The van der Waals surface area contributed by atoms with Crippen LogP contribution in [0.3, 0.4) is 0 Å². The van der Waals surface area contributed by atoms with E-state index in [0.29, 0.717) is 10.6 Å². The first-order chi connectivity index (χ1) is 9.52. The number of nitrogens with zero attached hydrogens (tertiary/aromatic N) is 2. The summed E-state index contributed by atoms with van der Waals surface area (Å²) in [5, 5.41) is 15.0. The van der Waals surface area contributed by atoms with Gasteiger partial charge in [-0.1, -0.05) is 11.6 Å². The average Bonchev–Trinajstić information content (AvgIpc) is 2.86. The highest BCUT2D eigenvalue weighted by molar-refractivity contribution is 7.12. The Balaban J connectivity index is 2.32.